The number of carbonyl (C=O) groups is 1. The molecule has 2 aromatic rings. The average molecular weight is 230 g/mol. The van der Waals surface area contributed by atoms with Gasteiger partial charge in [0.05, 0.1) is 18.7 Å². The molecule has 0 N–H and O–H groups in total. The standard InChI is InChI=1S/C13H14N2O2/c1-2-17-13(16)12-6-4-11(5-7-12)10-15-9-3-8-14-15/h3-9H,2,10H2,1H3. The van der Waals surface area contributed by atoms with Crippen molar-refractivity contribution in [3.05, 3.63) is 53.9 Å². The van der Waals surface area contributed by atoms with Crippen LogP contribution in [-0.2, 0) is 11.3 Å². The number of rotatable bonds is 4. The Labute approximate surface area is 99.8 Å². The zero-order valence-corrected chi connectivity index (χ0v) is 9.67. The molecular weight excluding hydrogens is 216 g/mol. The van der Waals surface area contributed by atoms with Crippen LogP contribution < -0.4 is 0 Å². The second kappa shape index (κ2) is 5.30. The summed E-state index contributed by atoms with van der Waals surface area (Å²) in [5, 5.41) is 4.12. The number of ether oxygens (including phenoxy) is 1. The van der Waals surface area contributed by atoms with Gasteiger partial charge in [0.25, 0.3) is 0 Å². The molecule has 0 bridgehead atoms. The number of benzene rings is 1. The second-order valence-corrected chi connectivity index (χ2v) is 3.62. The lowest BCUT2D eigenvalue weighted by Gasteiger charge is -2.04. The van der Waals surface area contributed by atoms with Crippen molar-refractivity contribution in [1.29, 1.82) is 0 Å². The van der Waals surface area contributed by atoms with Crippen LogP contribution in [0.2, 0.25) is 0 Å². The minimum atomic E-state index is -0.280. The zero-order valence-electron chi connectivity index (χ0n) is 9.67. The molecule has 1 aromatic heterocycles. The number of carbonyl (C=O) groups excluding carboxylic acids is 1. The molecule has 1 heterocycles. The summed E-state index contributed by atoms with van der Waals surface area (Å²) in [6.45, 7) is 2.90. The molecule has 0 fully saturated rings. The second-order valence-electron chi connectivity index (χ2n) is 3.62. The van der Waals surface area contributed by atoms with Crippen LogP contribution in [0.15, 0.2) is 42.7 Å². The van der Waals surface area contributed by atoms with E-state index in [9.17, 15) is 4.79 Å². The number of hydrogen-bond acceptors (Lipinski definition) is 3. The van der Waals surface area contributed by atoms with E-state index in [-0.39, 0.29) is 5.97 Å². The molecule has 0 aliphatic rings. The number of aromatic nitrogens is 2. The molecule has 0 spiro atoms. The van der Waals surface area contributed by atoms with E-state index in [1.807, 2.05) is 29.1 Å². The SMILES string of the molecule is CCOC(=O)c1ccc(Cn2cccn2)cc1. The van der Waals surface area contributed by atoms with Crippen LogP contribution in [0.4, 0.5) is 0 Å². The molecule has 0 unspecified atom stereocenters. The molecule has 0 saturated carbocycles. The first kappa shape index (κ1) is 11.4. The summed E-state index contributed by atoms with van der Waals surface area (Å²) in [4.78, 5) is 11.4. The smallest absolute Gasteiger partial charge is 0.338 e. The van der Waals surface area contributed by atoms with Crippen LogP contribution in [0.3, 0.4) is 0 Å². The molecule has 1 aromatic carbocycles. The van der Waals surface area contributed by atoms with Gasteiger partial charge in [0.2, 0.25) is 0 Å². The van der Waals surface area contributed by atoms with Gasteiger partial charge in [0, 0.05) is 12.4 Å². The van der Waals surface area contributed by atoms with Gasteiger partial charge >= 0.3 is 5.97 Å². The maximum absolute atomic E-state index is 11.4. The lowest BCUT2D eigenvalue weighted by atomic mass is 10.1. The van der Waals surface area contributed by atoms with E-state index in [2.05, 4.69) is 5.10 Å². The molecule has 88 valence electrons. The van der Waals surface area contributed by atoms with Crippen molar-refractivity contribution in [2.24, 2.45) is 0 Å². The van der Waals surface area contributed by atoms with Gasteiger partial charge in [-0.3, -0.25) is 4.68 Å². The Balaban J connectivity index is 2.05. The summed E-state index contributed by atoms with van der Waals surface area (Å²) in [5.41, 5.74) is 1.68. The molecule has 0 aliphatic carbocycles. The normalized spacial score (nSPS) is 10.2. The van der Waals surface area contributed by atoms with E-state index < -0.39 is 0 Å². The Morgan fingerprint density at radius 3 is 2.71 bits per heavy atom. The van der Waals surface area contributed by atoms with Gasteiger partial charge in [-0.1, -0.05) is 12.1 Å². The number of nitrogens with zero attached hydrogens (tertiary/aromatic N) is 2. The molecule has 2 rings (SSSR count). The molecule has 0 saturated heterocycles. The van der Waals surface area contributed by atoms with E-state index in [1.54, 1.807) is 25.3 Å². The first-order chi connectivity index (χ1) is 8.29. The Kier molecular flexibility index (Phi) is 3.55. The maximum atomic E-state index is 11.4. The van der Waals surface area contributed by atoms with Crippen molar-refractivity contribution in [2.45, 2.75) is 13.5 Å². The van der Waals surface area contributed by atoms with E-state index >= 15 is 0 Å². The molecule has 0 amide bonds. The fourth-order valence-electron chi connectivity index (χ4n) is 1.54. The fourth-order valence-corrected chi connectivity index (χ4v) is 1.54. The monoisotopic (exact) mass is 230 g/mol. The van der Waals surface area contributed by atoms with Crippen molar-refractivity contribution in [3.63, 3.8) is 0 Å². The van der Waals surface area contributed by atoms with Crippen molar-refractivity contribution >= 4 is 5.97 Å². The van der Waals surface area contributed by atoms with Gasteiger partial charge in [-0.15, -0.1) is 0 Å². The predicted octanol–water partition coefficient (Wildman–Crippen LogP) is 2.11. The van der Waals surface area contributed by atoms with E-state index in [0.717, 1.165) is 5.56 Å². The summed E-state index contributed by atoms with van der Waals surface area (Å²) in [5.74, 6) is -0.280. The van der Waals surface area contributed by atoms with Crippen molar-refractivity contribution in [3.8, 4) is 0 Å². The summed E-state index contributed by atoms with van der Waals surface area (Å²) in [6, 6.07) is 9.25. The van der Waals surface area contributed by atoms with Crippen LogP contribution in [0, 0.1) is 0 Å². The van der Waals surface area contributed by atoms with Crippen LogP contribution in [0.5, 0.6) is 0 Å². The quantitative estimate of drug-likeness (QED) is 0.755. The topological polar surface area (TPSA) is 44.1 Å². The third kappa shape index (κ3) is 2.93. The summed E-state index contributed by atoms with van der Waals surface area (Å²) in [6.07, 6.45) is 3.65. The van der Waals surface area contributed by atoms with Crippen LogP contribution in [0.25, 0.3) is 0 Å². The first-order valence-electron chi connectivity index (χ1n) is 5.53. The van der Waals surface area contributed by atoms with E-state index in [4.69, 9.17) is 4.74 Å². The molecule has 0 aliphatic heterocycles. The minimum Gasteiger partial charge on any atom is -0.462 e. The molecule has 0 radical (unpaired) electrons. The molecular formula is C13H14N2O2. The highest BCUT2D eigenvalue weighted by atomic mass is 16.5. The van der Waals surface area contributed by atoms with Gasteiger partial charge in [-0.05, 0) is 30.7 Å². The van der Waals surface area contributed by atoms with E-state index in [1.165, 1.54) is 0 Å². The lowest BCUT2D eigenvalue weighted by Crippen LogP contribution is -2.05. The lowest BCUT2D eigenvalue weighted by molar-refractivity contribution is 0.0526. The van der Waals surface area contributed by atoms with Gasteiger partial charge in [0.15, 0.2) is 0 Å². The highest BCUT2D eigenvalue weighted by Gasteiger charge is 2.05. The minimum absolute atomic E-state index is 0.280. The Hall–Kier alpha value is -2.10. The average Bonchev–Trinajstić information content (AvgIpc) is 2.83. The van der Waals surface area contributed by atoms with Crippen LogP contribution in [0.1, 0.15) is 22.8 Å². The molecule has 4 heteroatoms. The predicted molar refractivity (Wildman–Crippen MR) is 63.7 cm³/mol. The molecule has 0 atom stereocenters. The number of hydrogen-bond donors (Lipinski definition) is 0. The van der Waals surface area contributed by atoms with Crippen LogP contribution in [-0.4, -0.2) is 22.4 Å². The number of esters is 1. The molecule has 4 nitrogen and oxygen atoms in total. The Morgan fingerprint density at radius 2 is 2.12 bits per heavy atom. The van der Waals surface area contributed by atoms with Gasteiger partial charge in [-0.2, -0.15) is 5.10 Å². The highest BCUT2D eigenvalue weighted by Crippen LogP contribution is 2.07. The van der Waals surface area contributed by atoms with Crippen molar-refractivity contribution in [2.75, 3.05) is 6.61 Å². The summed E-state index contributed by atoms with van der Waals surface area (Å²) >= 11 is 0. The van der Waals surface area contributed by atoms with Crippen LogP contribution >= 0.6 is 0 Å². The molecule has 17 heavy (non-hydrogen) atoms. The fraction of sp³-hybridized carbons (Fsp3) is 0.231. The first-order valence-corrected chi connectivity index (χ1v) is 5.53. The van der Waals surface area contributed by atoms with Crippen molar-refractivity contribution in [1.82, 2.24) is 9.78 Å². The highest BCUT2D eigenvalue weighted by molar-refractivity contribution is 5.89. The third-order valence-corrected chi connectivity index (χ3v) is 2.37. The van der Waals surface area contributed by atoms with Gasteiger partial charge in [-0.25, -0.2) is 4.79 Å². The van der Waals surface area contributed by atoms with Gasteiger partial charge in [0.1, 0.15) is 0 Å². The largest absolute Gasteiger partial charge is 0.462 e. The summed E-state index contributed by atoms with van der Waals surface area (Å²) in [7, 11) is 0. The van der Waals surface area contributed by atoms with Gasteiger partial charge < -0.3 is 4.74 Å². The zero-order chi connectivity index (χ0) is 12.1. The van der Waals surface area contributed by atoms with Crippen molar-refractivity contribution < 1.29 is 9.53 Å². The third-order valence-electron chi connectivity index (χ3n) is 2.37. The maximum Gasteiger partial charge on any atom is 0.338 e. The summed E-state index contributed by atoms with van der Waals surface area (Å²) < 4.78 is 6.75. The Bertz CT molecular complexity index is 475. The Morgan fingerprint density at radius 1 is 1.35 bits per heavy atom. The van der Waals surface area contributed by atoms with E-state index in [0.29, 0.717) is 18.7 Å².